The standard InChI is InChI=1S/C13H20ClN3O2/c1-5-19-13(2,3)8-17-12(18)9-6-11(15-4)16-7-10(9)14/h6-7H,5,8H2,1-4H3,(H,15,16)(H,17,18). The minimum Gasteiger partial charge on any atom is -0.374 e. The van der Waals surface area contributed by atoms with E-state index in [1.54, 1.807) is 13.1 Å². The van der Waals surface area contributed by atoms with E-state index in [4.69, 9.17) is 16.3 Å². The molecule has 0 aliphatic carbocycles. The van der Waals surface area contributed by atoms with Crippen LogP contribution in [0.4, 0.5) is 5.82 Å². The van der Waals surface area contributed by atoms with Crippen LogP contribution in [0.2, 0.25) is 5.02 Å². The molecule has 0 saturated heterocycles. The van der Waals surface area contributed by atoms with Crippen LogP contribution in [0, 0.1) is 0 Å². The zero-order valence-corrected chi connectivity index (χ0v) is 12.5. The maximum atomic E-state index is 12.1. The second kappa shape index (κ2) is 6.73. The van der Waals surface area contributed by atoms with Crippen LogP contribution in [0.3, 0.4) is 0 Å². The van der Waals surface area contributed by atoms with Crippen molar-refractivity contribution in [2.45, 2.75) is 26.4 Å². The highest BCUT2D eigenvalue weighted by Crippen LogP contribution is 2.18. The maximum absolute atomic E-state index is 12.1. The summed E-state index contributed by atoms with van der Waals surface area (Å²) in [6, 6.07) is 1.62. The lowest BCUT2D eigenvalue weighted by Gasteiger charge is -2.25. The van der Waals surface area contributed by atoms with Gasteiger partial charge in [0.2, 0.25) is 0 Å². The number of hydrogen-bond acceptors (Lipinski definition) is 4. The van der Waals surface area contributed by atoms with E-state index in [1.165, 1.54) is 6.20 Å². The first-order chi connectivity index (χ1) is 8.89. The molecule has 0 bridgehead atoms. The number of amides is 1. The molecule has 19 heavy (non-hydrogen) atoms. The summed E-state index contributed by atoms with van der Waals surface area (Å²) < 4.78 is 5.52. The zero-order valence-electron chi connectivity index (χ0n) is 11.7. The van der Waals surface area contributed by atoms with Crippen LogP contribution in [0.5, 0.6) is 0 Å². The molecule has 0 fully saturated rings. The number of rotatable bonds is 6. The number of carbonyl (C=O) groups is 1. The minimum atomic E-state index is -0.407. The van der Waals surface area contributed by atoms with Gasteiger partial charge >= 0.3 is 0 Å². The first-order valence-electron chi connectivity index (χ1n) is 6.15. The molecule has 1 amide bonds. The molecule has 1 aromatic rings. The molecule has 0 saturated carbocycles. The van der Waals surface area contributed by atoms with Gasteiger partial charge in [0, 0.05) is 26.4 Å². The quantitative estimate of drug-likeness (QED) is 0.842. The third-order valence-electron chi connectivity index (χ3n) is 2.57. The first-order valence-corrected chi connectivity index (χ1v) is 6.53. The molecule has 0 aliphatic rings. The van der Waals surface area contributed by atoms with Crippen LogP contribution in [0.25, 0.3) is 0 Å². The summed E-state index contributed by atoms with van der Waals surface area (Å²) in [7, 11) is 1.73. The van der Waals surface area contributed by atoms with Gasteiger partial charge in [0.05, 0.1) is 16.2 Å². The molecule has 0 unspecified atom stereocenters. The van der Waals surface area contributed by atoms with Crippen molar-refractivity contribution in [1.29, 1.82) is 0 Å². The Hall–Kier alpha value is -1.33. The Bertz CT molecular complexity index is 450. The van der Waals surface area contributed by atoms with Crippen molar-refractivity contribution in [3.8, 4) is 0 Å². The number of hydrogen-bond donors (Lipinski definition) is 2. The lowest BCUT2D eigenvalue weighted by molar-refractivity contribution is -0.00815. The summed E-state index contributed by atoms with van der Waals surface area (Å²) in [5, 5.41) is 6.00. The molecule has 1 heterocycles. The number of nitrogens with zero attached hydrogens (tertiary/aromatic N) is 1. The van der Waals surface area contributed by atoms with E-state index in [1.807, 2.05) is 20.8 Å². The van der Waals surface area contributed by atoms with Gasteiger partial charge in [0.25, 0.3) is 5.91 Å². The second-order valence-electron chi connectivity index (χ2n) is 4.67. The summed E-state index contributed by atoms with van der Waals surface area (Å²) in [5.74, 6) is 0.357. The number of nitrogens with one attached hydrogen (secondary N) is 2. The number of aromatic nitrogens is 1. The lowest BCUT2D eigenvalue weighted by Crippen LogP contribution is -2.40. The number of halogens is 1. The van der Waals surface area contributed by atoms with Crippen molar-refractivity contribution < 1.29 is 9.53 Å². The van der Waals surface area contributed by atoms with Gasteiger partial charge in [0.1, 0.15) is 5.82 Å². The molecule has 5 nitrogen and oxygen atoms in total. The molecule has 0 spiro atoms. The molecule has 0 radical (unpaired) electrons. The molecule has 0 atom stereocenters. The van der Waals surface area contributed by atoms with Crippen LogP contribution >= 0.6 is 11.6 Å². The normalized spacial score (nSPS) is 11.2. The number of pyridine rings is 1. The molecule has 6 heteroatoms. The fraction of sp³-hybridized carbons (Fsp3) is 0.538. The SMILES string of the molecule is CCOC(C)(C)CNC(=O)c1cc(NC)ncc1Cl. The van der Waals surface area contributed by atoms with E-state index in [0.717, 1.165) is 0 Å². The Kier molecular flexibility index (Phi) is 5.57. The van der Waals surface area contributed by atoms with Crippen LogP contribution in [0.15, 0.2) is 12.3 Å². The van der Waals surface area contributed by atoms with Gasteiger partial charge < -0.3 is 15.4 Å². The Morgan fingerprint density at radius 2 is 2.21 bits per heavy atom. The summed E-state index contributed by atoms with van der Waals surface area (Å²) >= 11 is 5.98. The maximum Gasteiger partial charge on any atom is 0.253 e. The molecular weight excluding hydrogens is 266 g/mol. The minimum absolute atomic E-state index is 0.239. The summed E-state index contributed by atoms with van der Waals surface area (Å²) in [6.45, 7) is 6.77. The lowest BCUT2D eigenvalue weighted by atomic mass is 10.1. The van der Waals surface area contributed by atoms with Crippen molar-refractivity contribution in [3.63, 3.8) is 0 Å². The third kappa shape index (κ3) is 4.69. The van der Waals surface area contributed by atoms with Gasteiger partial charge in [-0.1, -0.05) is 11.6 Å². The average Bonchev–Trinajstić information content (AvgIpc) is 2.36. The fourth-order valence-corrected chi connectivity index (χ4v) is 1.77. The highest BCUT2D eigenvalue weighted by Gasteiger charge is 2.20. The predicted molar refractivity (Wildman–Crippen MR) is 76.8 cm³/mol. The van der Waals surface area contributed by atoms with Crippen molar-refractivity contribution in [2.24, 2.45) is 0 Å². The van der Waals surface area contributed by atoms with Crippen LogP contribution in [-0.2, 0) is 4.74 Å². The van der Waals surface area contributed by atoms with E-state index in [2.05, 4.69) is 15.6 Å². The topological polar surface area (TPSA) is 63.2 Å². The average molecular weight is 286 g/mol. The van der Waals surface area contributed by atoms with E-state index in [0.29, 0.717) is 29.6 Å². The van der Waals surface area contributed by atoms with Gasteiger partial charge in [-0.25, -0.2) is 4.98 Å². The molecule has 0 aliphatic heterocycles. The van der Waals surface area contributed by atoms with E-state index >= 15 is 0 Å². The summed E-state index contributed by atoms with van der Waals surface area (Å²) in [5.41, 5.74) is -0.0104. The van der Waals surface area contributed by atoms with Gasteiger partial charge in [-0.15, -0.1) is 0 Å². The van der Waals surface area contributed by atoms with Crippen molar-refractivity contribution in [2.75, 3.05) is 25.5 Å². The zero-order chi connectivity index (χ0) is 14.5. The van der Waals surface area contributed by atoms with Crippen molar-refractivity contribution in [1.82, 2.24) is 10.3 Å². The number of ether oxygens (including phenoxy) is 1. The fourth-order valence-electron chi connectivity index (χ4n) is 1.58. The van der Waals surface area contributed by atoms with E-state index < -0.39 is 5.60 Å². The first kappa shape index (κ1) is 15.7. The highest BCUT2D eigenvalue weighted by atomic mass is 35.5. The molecule has 1 aromatic heterocycles. The van der Waals surface area contributed by atoms with Gasteiger partial charge in [-0.05, 0) is 26.8 Å². The molecular formula is C13H20ClN3O2. The Morgan fingerprint density at radius 1 is 1.53 bits per heavy atom. The van der Waals surface area contributed by atoms with Gasteiger partial charge in [-0.2, -0.15) is 0 Å². The van der Waals surface area contributed by atoms with Crippen LogP contribution in [0.1, 0.15) is 31.1 Å². The van der Waals surface area contributed by atoms with Crippen molar-refractivity contribution in [3.05, 3.63) is 22.8 Å². The molecule has 0 aromatic carbocycles. The van der Waals surface area contributed by atoms with E-state index in [9.17, 15) is 4.79 Å². The number of anilines is 1. The Labute approximate surface area is 118 Å². The predicted octanol–water partition coefficient (Wildman–Crippen LogP) is 2.32. The molecule has 2 N–H and O–H groups in total. The summed E-state index contributed by atoms with van der Waals surface area (Å²) in [4.78, 5) is 16.1. The largest absolute Gasteiger partial charge is 0.374 e. The second-order valence-corrected chi connectivity index (χ2v) is 5.08. The Balaban J connectivity index is 2.73. The number of carbonyl (C=O) groups excluding carboxylic acids is 1. The molecule has 1 rings (SSSR count). The van der Waals surface area contributed by atoms with Crippen LogP contribution < -0.4 is 10.6 Å². The van der Waals surface area contributed by atoms with Gasteiger partial charge in [-0.3, -0.25) is 4.79 Å². The monoisotopic (exact) mass is 285 g/mol. The molecule has 106 valence electrons. The van der Waals surface area contributed by atoms with E-state index in [-0.39, 0.29) is 5.91 Å². The van der Waals surface area contributed by atoms with Gasteiger partial charge in [0.15, 0.2) is 0 Å². The van der Waals surface area contributed by atoms with Crippen LogP contribution in [-0.4, -0.2) is 36.7 Å². The highest BCUT2D eigenvalue weighted by molar-refractivity contribution is 6.33. The third-order valence-corrected chi connectivity index (χ3v) is 2.87. The smallest absolute Gasteiger partial charge is 0.253 e. The summed E-state index contributed by atoms with van der Waals surface area (Å²) in [6.07, 6.45) is 1.45. The van der Waals surface area contributed by atoms with Crippen molar-refractivity contribution >= 4 is 23.3 Å². The Morgan fingerprint density at radius 3 is 2.79 bits per heavy atom.